The number of rotatable bonds is 9. The van der Waals surface area contributed by atoms with E-state index in [1.165, 1.54) is 64.2 Å². The first-order chi connectivity index (χ1) is 19.5. The molecule has 4 unspecified atom stereocenters. The van der Waals surface area contributed by atoms with Crippen molar-refractivity contribution in [2.45, 2.75) is 153 Å². The van der Waals surface area contributed by atoms with E-state index in [1.807, 2.05) is 52.0 Å². The maximum absolute atomic E-state index is 4.78. The zero-order valence-electron chi connectivity index (χ0n) is 28.7. The molecule has 0 aromatic heterocycles. The minimum atomic E-state index is 0. The van der Waals surface area contributed by atoms with Crippen LogP contribution >= 0.6 is 24.0 Å². The van der Waals surface area contributed by atoms with Crippen molar-refractivity contribution in [1.29, 1.82) is 0 Å². The van der Waals surface area contributed by atoms with Crippen molar-refractivity contribution in [3.63, 3.8) is 0 Å². The first-order valence-corrected chi connectivity index (χ1v) is 17.4. The van der Waals surface area contributed by atoms with Gasteiger partial charge in [0, 0.05) is 19.8 Å². The molecular formula is C38H76IN3. The van der Waals surface area contributed by atoms with E-state index in [1.54, 1.807) is 19.3 Å². The van der Waals surface area contributed by atoms with Gasteiger partial charge in [0.05, 0.1) is 6.54 Å². The monoisotopic (exact) mass is 702 g/mol. The molecule has 0 aromatic carbocycles. The Hall–Kier alpha value is -0.650. The molecular weight excluding hydrogens is 625 g/mol. The normalized spacial score (nSPS) is 33.0. The molecule has 0 N–H and O–H groups in total. The van der Waals surface area contributed by atoms with Crippen molar-refractivity contribution in [2.75, 3.05) is 6.54 Å². The number of hydrogen-bond acceptors (Lipinski definition) is 3. The molecule has 0 aromatic rings. The summed E-state index contributed by atoms with van der Waals surface area (Å²) in [6.45, 7) is 28.0. The van der Waals surface area contributed by atoms with Crippen molar-refractivity contribution in [3.05, 3.63) is 25.8 Å². The predicted molar refractivity (Wildman–Crippen MR) is 205 cm³/mol. The summed E-state index contributed by atoms with van der Waals surface area (Å²) in [5, 5.41) is 11.3. The maximum atomic E-state index is 4.78. The lowest BCUT2D eigenvalue weighted by atomic mass is 9.44. The van der Waals surface area contributed by atoms with Crippen molar-refractivity contribution in [3.8, 4) is 0 Å². The highest BCUT2D eigenvalue weighted by Crippen LogP contribution is 2.63. The van der Waals surface area contributed by atoms with Crippen LogP contribution < -0.4 is 0 Å². The van der Waals surface area contributed by atoms with Crippen molar-refractivity contribution in [1.82, 2.24) is 5.12 Å². The second kappa shape index (κ2) is 23.7. The Morgan fingerprint density at radius 3 is 2.24 bits per heavy atom. The SMILES string of the molecule is C.C=C.C=CC/C(C)=N\N(CCC1CCCC2[C@@H]3CCC4C[C@@H](CCC)CC[C@@H]4C3CC[C@]12C)N=CC.CC.CC.I.[HH]. The van der Waals surface area contributed by atoms with Crippen LogP contribution in [-0.2, 0) is 0 Å². The highest BCUT2D eigenvalue weighted by molar-refractivity contribution is 14.0. The summed E-state index contributed by atoms with van der Waals surface area (Å²) >= 11 is 0. The van der Waals surface area contributed by atoms with Crippen LogP contribution in [0.5, 0.6) is 0 Å². The van der Waals surface area contributed by atoms with Crippen LogP contribution in [0, 0.1) is 46.8 Å². The minimum Gasteiger partial charge on any atom is -0.185 e. The molecule has 250 valence electrons. The van der Waals surface area contributed by atoms with Gasteiger partial charge in [0.25, 0.3) is 0 Å². The third-order valence-electron chi connectivity index (χ3n) is 10.9. The lowest BCUT2D eigenvalue weighted by molar-refractivity contribution is -0.112. The molecule has 4 rings (SSSR count). The minimum absolute atomic E-state index is 0. The van der Waals surface area contributed by atoms with Gasteiger partial charge in [-0.15, -0.1) is 43.7 Å². The van der Waals surface area contributed by atoms with E-state index >= 15 is 0 Å². The van der Waals surface area contributed by atoms with Crippen LogP contribution in [0.15, 0.2) is 36.0 Å². The zero-order chi connectivity index (χ0) is 30.1. The van der Waals surface area contributed by atoms with Gasteiger partial charge in [0.15, 0.2) is 0 Å². The Labute approximate surface area is 283 Å². The van der Waals surface area contributed by atoms with Crippen LogP contribution in [0.2, 0.25) is 0 Å². The van der Waals surface area contributed by atoms with Crippen LogP contribution in [0.1, 0.15) is 154 Å². The van der Waals surface area contributed by atoms with Gasteiger partial charge >= 0.3 is 0 Å². The van der Waals surface area contributed by atoms with Gasteiger partial charge in [-0.25, -0.2) is 0 Å². The van der Waals surface area contributed by atoms with Crippen LogP contribution in [0.4, 0.5) is 0 Å². The molecule has 4 saturated carbocycles. The number of nitrogens with zero attached hydrogens (tertiary/aromatic N) is 3. The summed E-state index contributed by atoms with van der Waals surface area (Å²) in [5.41, 5.74) is 1.63. The molecule has 8 atom stereocenters. The summed E-state index contributed by atoms with van der Waals surface area (Å²) in [6.07, 6.45) is 23.8. The second-order valence-electron chi connectivity index (χ2n) is 12.7. The molecule has 42 heavy (non-hydrogen) atoms. The Kier molecular flexibility index (Phi) is 24.5. The van der Waals surface area contributed by atoms with E-state index in [0.717, 1.165) is 60.1 Å². The van der Waals surface area contributed by atoms with Crippen LogP contribution in [-0.4, -0.2) is 23.6 Å². The molecule has 4 fully saturated rings. The van der Waals surface area contributed by atoms with Gasteiger partial charge in [-0.05, 0) is 118 Å². The van der Waals surface area contributed by atoms with Gasteiger partial charge in [-0.2, -0.15) is 15.3 Å². The highest BCUT2D eigenvalue weighted by atomic mass is 127. The van der Waals surface area contributed by atoms with E-state index in [9.17, 15) is 0 Å². The first kappa shape index (κ1) is 43.5. The number of hydrogen-bond donors (Lipinski definition) is 0. The summed E-state index contributed by atoms with van der Waals surface area (Å²) in [4.78, 5) is 0. The van der Waals surface area contributed by atoms with E-state index in [2.05, 4.69) is 45.6 Å². The molecule has 0 bridgehead atoms. The van der Waals surface area contributed by atoms with Crippen LogP contribution in [0.25, 0.3) is 0 Å². The fourth-order valence-corrected chi connectivity index (χ4v) is 9.39. The summed E-state index contributed by atoms with van der Waals surface area (Å²) < 4.78 is 0. The van der Waals surface area contributed by atoms with Gasteiger partial charge in [-0.1, -0.05) is 80.7 Å². The predicted octanol–water partition coefficient (Wildman–Crippen LogP) is 13.1. The molecule has 0 aliphatic heterocycles. The molecule has 0 amide bonds. The molecule has 4 aliphatic carbocycles. The van der Waals surface area contributed by atoms with Crippen molar-refractivity contribution < 1.29 is 1.43 Å². The Morgan fingerprint density at radius 1 is 0.952 bits per heavy atom. The lowest BCUT2D eigenvalue weighted by Crippen LogP contribution is -2.52. The van der Waals surface area contributed by atoms with E-state index in [-0.39, 0.29) is 32.8 Å². The topological polar surface area (TPSA) is 28.0 Å². The average molecular weight is 702 g/mol. The van der Waals surface area contributed by atoms with Crippen molar-refractivity contribution in [2.24, 2.45) is 57.0 Å². The molecule has 0 radical (unpaired) electrons. The number of hydrazone groups is 2. The molecule has 0 spiro atoms. The average Bonchev–Trinajstić information content (AvgIpc) is 2.99. The molecule has 4 heteroatoms. The highest BCUT2D eigenvalue weighted by Gasteiger charge is 2.55. The fourth-order valence-electron chi connectivity index (χ4n) is 9.39. The Bertz CT molecular complexity index is 755. The Morgan fingerprint density at radius 2 is 1.62 bits per heavy atom. The van der Waals surface area contributed by atoms with Gasteiger partial charge in [0.2, 0.25) is 0 Å². The largest absolute Gasteiger partial charge is 0.185 e. The number of allylic oxidation sites excluding steroid dienone is 1. The summed E-state index contributed by atoms with van der Waals surface area (Å²) in [7, 11) is 0. The summed E-state index contributed by atoms with van der Waals surface area (Å²) in [5.74, 6) is 7.03. The maximum Gasteiger partial charge on any atom is 0.0609 e. The quantitative estimate of drug-likeness (QED) is 0.102. The summed E-state index contributed by atoms with van der Waals surface area (Å²) in [6, 6.07) is 0. The van der Waals surface area contributed by atoms with Gasteiger partial charge in [-0.3, -0.25) is 0 Å². The molecule has 4 aliphatic rings. The first-order valence-electron chi connectivity index (χ1n) is 17.4. The third kappa shape index (κ3) is 11.4. The number of halogens is 1. The third-order valence-corrected chi connectivity index (χ3v) is 10.9. The standard InChI is InChI=1S/C31H53N3.2C2H6.C2H4.CH4.HI.H2/c1-6-10-23(4)33-34(32-8-3)21-19-26-12-9-13-30-29-17-15-25-22-24(11-7-2)14-16-27(25)28(29)18-20-31(26,30)5;3*1-2;;;/h6,8,24-30H,1,7,9-22H2,2-5H3;2*1-2H3;1-2H2;1H4;2*1H/b32-8?,33-23-;;;;;;/t24-,25?,26?,27-,28?,29+,30?,31+;;;;;;/m0....../s1. The number of fused-ring (bicyclic) bond motifs is 5. The van der Waals surface area contributed by atoms with E-state index < -0.39 is 0 Å². The molecule has 0 heterocycles. The van der Waals surface area contributed by atoms with E-state index in [4.69, 9.17) is 5.10 Å². The molecule has 3 nitrogen and oxygen atoms in total. The zero-order valence-corrected chi connectivity index (χ0v) is 31.0. The fraction of sp³-hybridized carbons (Fsp3) is 0.842. The lowest BCUT2D eigenvalue weighted by Gasteiger charge is -2.61. The van der Waals surface area contributed by atoms with Crippen molar-refractivity contribution >= 4 is 35.9 Å². The van der Waals surface area contributed by atoms with Gasteiger partial charge < -0.3 is 0 Å². The van der Waals surface area contributed by atoms with Crippen LogP contribution in [0.3, 0.4) is 0 Å². The second-order valence-corrected chi connectivity index (χ2v) is 12.7. The Balaban J connectivity index is -0.00000167. The molecule has 0 saturated heterocycles. The smallest absolute Gasteiger partial charge is 0.0609 e. The van der Waals surface area contributed by atoms with Gasteiger partial charge in [0.1, 0.15) is 0 Å². The van der Waals surface area contributed by atoms with E-state index in [0.29, 0.717) is 5.41 Å².